The van der Waals surface area contributed by atoms with Crippen LogP contribution in [0.2, 0.25) is 0 Å². The van der Waals surface area contributed by atoms with Crippen LogP contribution in [0.4, 0.5) is 0 Å². The number of aliphatic hydroxyl groups excluding tert-OH is 1. The van der Waals surface area contributed by atoms with Crippen LogP contribution in [0, 0.1) is 19.9 Å². The molecule has 2 aromatic carbocycles. The molecule has 0 spiro atoms. The van der Waals surface area contributed by atoms with Gasteiger partial charge in [0.25, 0.3) is 0 Å². The molecule has 4 nitrogen and oxygen atoms in total. The van der Waals surface area contributed by atoms with E-state index < -0.39 is 0 Å². The molecule has 0 aliphatic carbocycles. The molecule has 0 aliphatic heterocycles. The zero-order valence-corrected chi connectivity index (χ0v) is 25.3. The second-order valence-electron chi connectivity index (χ2n) is 10.1. The smallest absolute Gasteiger partial charge is 0.217 e. The van der Waals surface area contributed by atoms with Crippen LogP contribution in [-0.4, -0.2) is 15.9 Å². The quantitative estimate of drug-likeness (QED) is 0.131. The molecule has 0 saturated carbocycles. The minimum Gasteiger partial charge on any atom is -0.512 e. The van der Waals surface area contributed by atoms with E-state index in [2.05, 4.69) is 96.1 Å². The van der Waals surface area contributed by atoms with Gasteiger partial charge in [0.1, 0.15) is 5.76 Å². The van der Waals surface area contributed by atoms with Crippen LogP contribution in [0.5, 0.6) is 0 Å². The van der Waals surface area contributed by atoms with Crippen LogP contribution in [0.15, 0.2) is 64.8 Å². The monoisotopic (exact) mass is 675 g/mol. The number of ketones is 1. The Bertz CT molecular complexity index is 1360. The molecule has 2 heterocycles. The van der Waals surface area contributed by atoms with Crippen molar-refractivity contribution in [2.45, 2.75) is 67.2 Å². The van der Waals surface area contributed by atoms with Crippen molar-refractivity contribution in [2.75, 3.05) is 0 Å². The number of allylic oxidation sites excluding steroid dienone is 2. The number of aliphatic hydroxyl groups is 1. The molecule has 4 rings (SSSR count). The Morgan fingerprint density at radius 3 is 2.05 bits per heavy atom. The molecule has 0 unspecified atom stereocenters. The maximum absolute atomic E-state index is 10.0. The summed E-state index contributed by atoms with van der Waals surface area (Å²) in [7, 11) is 0. The van der Waals surface area contributed by atoms with Gasteiger partial charge in [-0.05, 0) is 60.7 Å². The van der Waals surface area contributed by atoms with Crippen molar-refractivity contribution in [3.63, 3.8) is 0 Å². The summed E-state index contributed by atoms with van der Waals surface area (Å²) >= 11 is 0. The van der Waals surface area contributed by atoms with E-state index in [1.54, 1.807) is 0 Å². The topological polar surface area (TPSA) is 63.3 Å². The van der Waals surface area contributed by atoms with Crippen molar-refractivity contribution in [1.29, 1.82) is 0 Å². The molecule has 0 saturated heterocycles. The predicted octanol–water partition coefficient (Wildman–Crippen LogP) is 8.86. The minimum atomic E-state index is -0.125. The zero-order chi connectivity index (χ0) is 26.6. The normalized spacial score (nSPS) is 11.4. The standard InChI is InChI=1S/C27H28NO.C5H8O2.Ir/c1-16(2)21-12-22(17(3)4)14-24(13-21)26-15-20-7-8-25(28-27(20)29-26)23-10-18(5)9-19(6)11-23;1-4(6)3-5(2)7;/h7-10,12-17H,1-6H3;3,6H,1-2H3;/q-1;;/b;4-3-;. The van der Waals surface area contributed by atoms with Crippen molar-refractivity contribution >= 4 is 16.9 Å². The summed E-state index contributed by atoms with van der Waals surface area (Å²) in [5.74, 6) is 1.76. The number of carbonyl (C=O) groups is 1. The summed E-state index contributed by atoms with van der Waals surface area (Å²) < 4.78 is 6.22. The molecule has 0 fully saturated rings. The third-order valence-corrected chi connectivity index (χ3v) is 5.81. The summed E-state index contributed by atoms with van der Waals surface area (Å²) in [5.41, 5.74) is 8.70. The van der Waals surface area contributed by atoms with Gasteiger partial charge in [-0.1, -0.05) is 59.7 Å². The van der Waals surface area contributed by atoms with Crippen LogP contribution in [0.3, 0.4) is 0 Å². The van der Waals surface area contributed by atoms with Crippen LogP contribution >= 0.6 is 0 Å². The molecule has 1 radical (unpaired) electrons. The summed E-state index contributed by atoms with van der Waals surface area (Å²) in [5, 5.41) is 9.39. The van der Waals surface area contributed by atoms with E-state index in [1.807, 2.05) is 0 Å². The number of furan rings is 1. The van der Waals surface area contributed by atoms with Gasteiger partial charge >= 0.3 is 0 Å². The molecule has 0 aliphatic rings. The van der Waals surface area contributed by atoms with Crippen LogP contribution < -0.4 is 0 Å². The van der Waals surface area contributed by atoms with E-state index in [0.717, 1.165) is 33.5 Å². The molecule has 1 N–H and O–H groups in total. The predicted molar refractivity (Wildman–Crippen MR) is 148 cm³/mol. The minimum absolute atomic E-state index is 0. The van der Waals surface area contributed by atoms with Gasteiger partial charge in [-0.3, -0.25) is 9.78 Å². The average molecular weight is 675 g/mol. The molecule has 37 heavy (non-hydrogen) atoms. The van der Waals surface area contributed by atoms with Crippen molar-refractivity contribution in [3.8, 4) is 22.6 Å². The number of benzene rings is 2. The van der Waals surface area contributed by atoms with Gasteiger partial charge in [-0.15, -0.1) is 34.9 Å². The van der Waals surface area contributed by atoms with Crippen LogP contribution in [0.1, 0.15) is 75.6 Å². The van der Waals surface area contributed by atoms with E-state index in [1.165, 1.54) is 36.6 Å². The Labute approximate surface area is 234 Å². The van der Waals surface area contributed by atoms with Crippen molar-refractivity contribution < 1.29 is 34.4 Å². The number of aryl methyl sites for hydroxylation is 2. The Hall–Kier alpha value is -3.01. The first-order chi connectivity index (χ1) is 16.9. The van der Waals surface area contributed by atoms with Crippen LogP contribution in [0.25, 0.3) is 33.7 Å². The molecule has 0 atom stereocenters. The molecular weight excluding hydrogens is 639 g/mol. The molecule has 0 amide bonds. The van der Waals surface area contributed by atoms with Gasteiger partial charge in [0, 0.05) is 37.1 Å². The Kier molecular flexibility index (Phi) is 10.6. The number of pyridine rings is 1. The van der Waals surface area contributed by atoms with Gasteiger partial charge in [0.15, 0.2) is 5.78 Å². The summed E-state index contributed by atoms with van der Waals surface area (Å²) in [6.45, 7) is 15.9. The number of aromatic nitrogens is 1. The Morgan fingerprint density at radius 1 is 0.946 bits per heavy atom. The average Bonchev–Trinajstić information content (AvgIpc) is 3.21. The fourth-order valence-electron chi connectivity index (χ4n) is 4.02. The van der Waals surface area contributed by atoms with Gasteiger partial charge in [-0.25, -0.2) is 0 Å². The largest absolute Gasteiger partial charge is 0.512 e. The molecule has 0 bridgehead atoms. The number of nitrogens with zero attached hydrogens (tertiary/aromatic N) is 1. The SMILES string of the molecule is CC(=O)/C=C(/C)O.Cc1[c-]c(-c2ccc3cc(-c4cc(C(C)C)cc(C(C)C)c4)oc3n2)cc(C)c1.[Ir]. The van der Waals surface area contributed by atoms with E-state index in [0.29, 0.717) is 17.5 Å². The summed E-state index contributed by atoms with van der Waals surface area (Å²) in [4.78, 5) is 14.8. The summed E-state index contributed by atoms with van der Waals surface area (Å²) in [6, 6.07) is 20.7. The van der Waals surface area contributed by atoms with Crippen LogP contribution in [-0.2, 0) is 24.9 Å². The van der Waals surface area contributed by atoms with Crippen molar-refractivity contribution in [3.05, 3.63) is 88.7 Å². The summed E-state index contributed by atoms with van der Waals surface area (Å²) in [6.07, 6.45) is 1.17. The van der Waals surface area contributed by atoms with Gasteiger partial charge in [0.05, 0.1) is 5.76 Å². The zero-order valence-electron chi connectivity index (χ0n) is 22.9. The van der Waals surface area contributed by atoms with Gasteiger partial charge in [-0.2, -0.15) is 0 Å². The Morgan fingerprint density at radius 2 is 1.57 bits per heavy atom. The molecule has 4 aromatic rings. The molecule has 5 heteroatoms. The fourth-order valence-corrected chi connectivity index (χ4v) is 4.02. The van der Waals surface area contributed by atoms with Crippen molar-refractivity contribution in [1.82, 2.24) is 4.98 Å². The number of hydrogen-bond donors (Lipinski definition) is 1. The third-order valence-electron chi connectivity index (χ3n) is 5.81. The molecule has 2 aromatic heterocycles. The second kappa shape index (κ2) is 13.0. The van der Waals surface area contributed by atoms with E-state index in [9.17, 15) is 4.79 Å². The third kappa shape index (κ3) is 8.24. The maximum Gasteiger partial charge on any atom is 0.217 e. The maximum atomic E-state index is 10.0. The fraction of sp³-hybridized carbons (Fsp3) is 0.312. The number of carbonyl (C=O) groups excluding carboxylic acids is 1. The first kappa shape index (κ1) is 30.2. The van der Waals surface area contributed by atoms with E-state index in [-0.39, 0.29) is 31.6 Å². The van der Waals surface area contributed by atoms with E-state index >= 15 is 0 Å². The number of fused-ring (bicyclic) bond motifs is 1. The number of rotatable bonds is 5. The Balaban J connectivity index is 0.000000532. The first-order valence-corrected chi connectivity index (χ1v) is 12.4. The van der Waals surface area contributed by atoms with Gasteiger partial charge in [0.2, 0.25) is 5.71 Å². The number of hydrogen-bond acceptors (Lipinski definition) is 4. The molecular formula is C32H36IrNO3-. The van der Waals surface area contributed by atoms with Gasteiger partial charge < -0.3 is 9.52 Å². The van der Waals surface area contributed by atoms with E-state index in [4.69, 9.17) is 14.5 Å². The second-order valence-corrected chi connectivity index (χ2v) is 10.1. The first-order valence-electron chi connectivity index (χ1n) is 12.4. The van der Waals surface area contributed by atoms with Crippen molar-refractivity contribution in [2.24, 2.45) is 0 Å². The molecule has 197 valence electrons.